The quantitative estimate of drug-likeness (QED) is 0.399. The minimum atomic E-state index is -1.10. The van der Waals surface area contributed by atoms with Crippen molar-refractivity contribution in [2.75, 3.05) is 19.6 Å². The maximum Gasteiger partial charge on any atom is 0.323 e. The Hall–Kier alpha value is -0.650. The summed E-state index contributed by atoms with van der Waals surface area (Å²) in [6.07, 6.45) is 2.20. The maximum atomic E-state index is 10.6. The van der Waals surface area contributed by atoms with Crippen LogP contribution in [0.1, 0.15) is 26.2 Å². The molecule has 5 nitrogen and oxygen atoms in total. The van der Waals surface area contributed by atoms with Gasteiger partial charge in [0.15, 0.2) is 0 Å². The van der Waals surface area contributed by atoms with Gasteiger partial charge < -0.3 is 21.9 Å². The first-order valence-corrected chi connectivity index (χ1v) is 4.94. The predicted molar refractivity (Wildman–Crippen MR) is 56.0 cm³/mol. The van der Waals surface area contributed by atoms with Crippen molar-refractivity contribution in [3.8, 4) is 0 Å². The van der Waals surface area contributed by atoms with Crippen LogP contribution in [0.25, 0.3) is 0 Å². The highest BCUT2D eigenvalue weighted by Crippen LogP contribution is 2.07. The molecule has 0 amide bonds. The summed E-state index contributed by atoms with van der Waals surface area (Å²) >= 11 is 0. The largest absolute Gasteiger partial charge is 0.480 e. The molecule has 0 rings (SSSR count). The summed E-state index contributed by atoms with van der Waals surface area (Å²) in [4.78, 5) is 10.6. The SMILES string of the molecule is CC(N)(CCCNCCCN)C(=O)O. The van der Waals surface area contributed by atoms with Gasteiger partial charge in [0.25, 0.3) is 0 Å². The fraction of sp³-hybridized carbons (Fsp3) is 0.889. The van der Waals surface area contributed by atoms with Crippen molar-refractivity contribution in [2.45, 2.75) is 31.7 Å². The molecule has 6 N–H and O–H groups in total. The first-order chi connectivity index (χ1) is 6.50. The van der Waals surface area contributed by atoms with Gasteiger partial charge in [-0.1, -0.05) is 0 Å². The lowest BCUT2D eigenvalue weighted by Gasteiger charge is -2.18. The fourth-order valence-electron chi connectivity index (χ4n) is 1.04. The molecule has 1 unspecified atom stereocenters. The van der Waals surface area contributed by atoms with Gasteiger partial charge in [-0.25, -0.2) is 0 Å². The van der Waals surface area contributed by atoms with Crippen LogP contribution in [-0.2, 0) is 4.79 Å². The lowest BCUT2D eigenvalue weighted by Crippen LogP contribution is -2.45. The van der Waals surface area contributed by atoms with Crippen molar-refractivity contribution in [1.29, 1.82) is 0 Å². The molecular formula is C9H21N3O2. The van der Waals surface area contributed by atoms with Crippen LogP contribution in [0.3, 0.4) is 0 Å². The van der Waals surface area contributed by atoms with Gasteiger partial charge in [0.05, 0.1) is 0 Å². The van der Waals surface area contributed by atoms with Crippen LogP contribution in [0.15, 0.2) is 0 Å². The summed E-state index contributed by atoms with van der Waals surface area (Å²) in [6.45, 7) is 3.89. The standard InChI is InChI=1S/C9H21N3O2/c1-9(11,8(13)14)4-2-6-12-7-3-5-10/h12H,2-7,10-11H2,1H3,(H,13,14). The molecule has 0 aliphatic carbocycles. The summed E-state index contributed by atoms with van der Waals surface area (Å²) in [6, 6.07) is 0. The van der Waals surface area contributed by atoms with E-state index in [2.05, 4.69) is 5.32 Å². The third-order valence-corrected chi connectivity index (χ3v) is 2.10. The van der Waals surface area contributed by atoms with Crippen molar-refractivity contribution in [3.63, 3.8) is 0 Å². The van der Waals surface area contributed by atoms with E-state index in [-0.39, 0.29) is 0 Å². The van der Waals surface area contributed by atoms with Gasteiger partial charge in [-0.05, 0) is 45.8 Å². The van der Waals surface area contributed by atoms with Crippen molar-refractivity contribution in [2.24, 2.45) is 11.5 Å². The van der Waals surface area contributed by atoms with E-state index in [1.165, 1.54) is 6.92 Å². The molecule has 14 heavy (non-hydrogen) atoms. The Balaban J connectivity index is 3.40. The van der Waals surface area contributed by atoms with Gasteiger partial charge in [0, 0.05) is 0 Å². The predicted octanol–water partition coefficient (Wildman–Crippen LogP) is -0.493. The molecule has 0 saturated heterocycles. The Labute approximate surface area is 84.8 Å². The van der Waals surface area contributed by atoms with Crippen LogP contribution >= 0.6 is 0 Å². The lowest BCUT2D eigenvalue weighted by atomic mass is 9.97. The van der Waals surface area contributed by atoms with Crippen LogP contribution < -0.4 is 16.8 Å². The summed E-state index contributed by atoms with van der Waals surface area (Å²) in [5.41, 5.74) is 9.77. The maximum absolute atomic E-state index is 10.6. The van der Waals surface area contributed by atoms with Gasteiger partial charge in [0.1, 0.15) is 5.54 Å². The number of carbonyl (C=O) groups is 1. The summed E-state index contributed by atoms with van der Waals surface area (Å²) in [5, 5.41) is 11.9. The first kappa shape index (κ1) is 13.4. The second-order valence-corrected chi connectivity index (χ2v) is 3.72. The molecule has 5 heteroatoms. The normalized spacial score (nSPS) is 15.1. The van der Waals surface area contributed by atoms with Gasteiger partial charge in [-0.15, -0.1) is 0 Å². The number of carboxylic acids is 1. The molecule has 0 heterocycles. The molecule has 0 aromatic carbocycles. The molecule has 1 atom stereocenters. The Kier molecular flexibility index (Phi) is 6.44. The van der Waals surface area contributed by atoms with Crippen LogP contribution in [0.5, 0.6) is 0 Å². The van der Waals surface area contributed by atoms with Gasteiger partial charge in [-0.3, -0.25) is 4.79 Å². The van der Waals surface area contributed by atoms with Gasteiger partial charge in [0.2, 0.25) is 0 Å². The second kappa shape index (κ2) is 6.75. The van der Waals surface area contributed by atoms with Crippen LogP contribution in [0.2, 0.25) is 0 Å². The average Bonchev–Trinajstić information content (AvgIpc) is 2.10. The number of hydrogen-bond donors (Lipinski definition) is 4. The van der Waals surface area contributed by atoms with E-state index in [0.29, 0.717) is 13.0 Å². The number of nitrogens with one attached hydrogen (secondary N) is 1. The van der Waals surface area contributed by atoms with E-state index < -0.39 is 11.5 Å². The molecule has 0 fully saturated rings. The van der Waals surface area contributed by atoms with Crippen LogP contribution in [0.4, 0.5) is 0 Å². The second-order valence-electron chi connectivity index (χ2n) is 3.72. The Morgan fingerprint density at radius 1 is 1.43 bits per heavy atom. The fourth-order valence-corrected chi connectivity index (χ4v) is 1.04. The van der Waals surface area contributed by atoms with Gasteiger partial charge in [-0.2, -0.15) is 0 Å². The number of aliphatic carboxylic acids is 1. The van der Waals surface area contributed by atoms with Gasteiger partial charge >= 0.3 is 5.97 Å². The lowest BCUT2D eigenvalue weighted by molar-refractivity contribution is -0.142. The van der Waals surface area contributed by atoms with E-state index in [1.54, 1.807) is 0 Å². The molecule has 0 aromatic heterocycles. The molecule has 0 spiro atoms. The highest BCUT2D eigenvalue weighted by Gasteiger charge is 2.26. The van der Waals surface area contributed by atoms with Crippen molar-refractivity contribution in [1.82, 2.24) is 5.32 Å². The van der Waals surface area contributed by atoms with E-state index >= 15 is 0 Å². The highest BCUT2D eigenvalue weighted by molar-refractivity contribution is 5.77. The Bertz CT molecular complexity index is 171. The number of hydrogen-bond acceptors (Lipinski definition) is 4. The molecule has 0 saturated carbocycles. The Morgan fingerprint density at radius 2 is 2.00 bits per heavy atom. The topological polar surface area (TPSA) is 101 Å². The van der Waals surface area contributed by atoms with E-state index in [9.17, 15) is 4.79 Å². The van der Waals surface area contributed by atoms with E-state index in [4.69, 9.17) is 16.6 Å². The number of carboxylic acid groups (broad SMARTS) is 1. The summed E-state index contributed by atoms with van der Waals surface area (Å²) < 4.78 is 0. The molecule has 0 bridgehead atoms. The van der Waals surface area contributed by atoms with Crippen molar-refractivity contribution >= 4 is 5.97 Å². The number of rotatable bonds is 8. The summed E-state index contributed by atoms with van der Waals surface area (Å²) in [5.74, 6) is -0.945. The zero-order valence-electron chi connectivity index (χ0n) is 8.75. The molecule has 0 radical (unpaired) electrons. The minimum Gasteiger partial charge on any atom is -0.480 e. The monoisotopic (exact) mass is 203 g/mol. The molecule has 0 aliphatic rings. The minimum absolute atomic E-state index is 0.484. The zero-order valence-corrected chi connectivity index (χ0v) is 8.75. The third kappa shape index (κ3) is 5.90. The van der Waals surface area contributed by atoms with Crippen LogP contribution in [-0.4, -0.2) is 36.2 Å². The average molecular weight is 203 g/mol. The van der Waals surface area contributed by atoms with Crippen molar-refractivity contribution in [3.05, 3.63) is 0 Å². The molecular weight excluding hydrogens is 182 g/mol. The Morgan fingerprint density at radius 3 is 2.50 bits per heavy atom. The first-order valence-electron chi connectivity index (χ1n) is 4.94. The molecule has 0 aliphatic heterocycles. The highest BCUT2D eigenvalue weighted by atomic mass is 16.4. The summed E-state index contributed by atoms with van der Waals surface area (Å²) in [7, 11) is 0. The third-order valence-electron chi connectivity index (χ3n) is 2.10. The van der Waals surface area contributed by atoms with Crippen molar-refractivity contribution < 1.29 is 9.90 Å². The molecule has 0 aromatic rings. The number of nitrogens with two attached hydrogens (primary N) is 2. The van der Waals surface area contributed by atoms with E-state index in [0.717, 1.165) is 25.9 Å². The van der Waals surface area contributed by atoms with Crippen LogP contribution in [0, 0.1) is 0 Å². The smallest absolute Gasteiger partial charge is 0.323 e. The zero-order chi connectivity index (χ0) is 11.0. The van der Waals surface area contributed by atoms with E-state index in [1.807, 2.05) is 0 Å². The molecule has 84 valence electrons.